The summed E-state index contributed by atoms with van der Waals surface area (Å²) in [5.74, 6) is 1.45. The summed E-state index contributed by atoms with van der Waals surface area (Å²) in [7, 11) is 4.59. The first-order valence-corrected chi connectivity index (χ1v) is 7.97. The molecule has 0 bridgehead atoms. The van der Waals surface area contributed by atoms with Gasteiger partial charge in [0, 0.05) is 18.7 Å². The highest BCUT2D eigenvalue weighted by Gasteiger charge is 2.14. The van der Waals surface area contributed by atoms with Crippen LogP contribution in [0.25, 0.3) is 0 Å². The van der Waals surface area contributed by atoms with Gasteiger partial charge in [-0.3, -0.25) is 0 Å². The lowest BCUT2D eigenvalue weighted by Crippen LogP contribution is -2.30. The number of rotatable bonds is 7. The zero-order valence-corrected chi connectivity index (χ0v) is 15.0. The molecule has 2 rings (SSSR count). The van der Waals surface area contributed by atoms with E-state index in [9.17, 15) is 4.79 Å². The molecule has 2 amide bonds. The van der Waals surface area contributed by atoms with Crippen molar-refractivity contribution >= 4 is 11.7 Å². The number of amides is 2. The average molecular weight is 344 g/mol. The normalized spacial score (nSPS) is 10.1. The molecule has 0 spiro atoms. The van der Waals surface area contributed by atoms with Crippen molar-refractivity contribution in [2.45, 2.75) is 13.3 Å². The lowest BCUT2D eigenvalue weighted by atomic mass is 10.1. The number of aryl methyl sites for hydroxylation is 1. The van der Waals surface area contributed by atoms with Gasteiger partial charge < -0.3 is 24.8 Å². The van der Waals surface area contributed by atoms with E-state index in [1.54, 1.807) is 12.1 Å². The lowest BCUT2D eigenvalue weighted by molar-refractivity contribution is 0.252. The van der Waals surface area contributed by atoms with Crippen LogP contribution in [0, 0.1) is 6.92 Å². The second-order valence-electron chi connectivity index (χ2n) is 5.53. The zero-order chi connectivity index (χ0) is 18.2. The van der Waals surface area contributed by atoms with Gasteiger partial charge in [-0.1, -0.05) is 29.8 Å². The molecule has 0 saturated heterocycles. The minimum Gasteiger partial charge on any atom is -0.493 e. The van der Waals surface area contributed by atoms with E-state index in [-0.39, 0.29) is 6.03 Å². The van der Waals surface area contributed by atoms with Crippen LogP contribution >= 0.6 is 0 Å². The summed E-state index contributed by atoms with van der Waals surface area (Å²) in [6.45, 7) is 2.59. The summed E-state index contributed by atoms with van der Waals surface area (Å²) in [6.07, 6.45) is 0.768. The fourth-order valence-electron chi connectivity index (χ4n) is 2.52. The molecule has 2 aromatic rings. The van der Waals surface area contributed by atoms with Gasteiger partial charge in [-0.25, -0.2) is 4.79 Å². The standard InChI is InChI=1S/C19H24N2O4/c1-13-6-5-7-14(10-13)8-9-20-19(22)21-15-11-16(23-2)18(25-4)17(12-15)24-3/h5-7,10-12H,8-9H2,1-4H3,(H2,20,21,22). The van der Waals surface area contributed by atoms with Crippen LogP contribution in [-0.2, 0) is 6.42 Å². The Bertz CT molecular complexity index is 706. The van der Waals surface area contributed by atoms with Gasteiger partial charge in [0.15, 0.2) is 11.5 Å². The Hall–Kier alpha value is -2.89. The highest BCUT2D eigenvalue weighted by molar-refractivity contribution is 5.90. The molecular weight excluding hydrogens is 320 g/mol. The maximum atomic E-state index is 12.1. The average Bonchev–Trinajstić information content (AvgIpc) is 2.60. The smallest absolute Gasteiger partial charge is 0.319 e. The van der Waals surface area contributed by atoms with E-state index in [0.29, 0.717) is 29.5 Å². The van der Waals surface area contributed by atoms with Crippen LogP contribution in [0.1, 0.15) is 11.1 Å². The first-order chi connectivity index (χ1) is 12.1. The van der Waals surface area contributed by atoms with Gasteiger partial charge in [0.2, 0.25) is 5.75 Å². The topological polar surface area (TPSA) is 68.8 Å². The fourth-order valence-corrected chi connectivity index (χ4v) is 2.52. The molecule has 0 saturated carbocycles. The maximum Gasteiger partial charge on any atom is 0.319 e. The summed E-state index contributed by atoms with van der Waals surface area (Å²) < 4.78 is 15.8. The van der Waals surface area contributed by atoms with E-state index in [4.69, 9.17) is 14.2 Å². The van der Waals surface area contributed by atoms with Crippen LogP contribution in [-0.4, -0.2) is 33.9 Å². The number of methoxy groups -OCH3 is 3. The van der Waals surface area contributed by atoms with E-state index in [0.717, 1.165) is 6.42 Å². The van der Waals surface area contributed by atoms with E-state index >= 15 is 0 Å². The highest BCUT2D eigenvalue weighted by Crippen LogP contribution is 2.39. The van der Waals surface area contributed by atoms with Crippen molar-refractivity contribution in [2.75, 3.05) is 33.2 Å². The monoisotopic (exact) mass is 344 g/mol. The van der Waals surface area contributed by atoms with Crippen molar-refractivity contribution in [1.82, 2.24) is 5.32 Å². The quantitative estimate of drug-likeness (QED) is 0.808. The number of ether oxygens (including phenoxy) is 3. The number of urea groups is 1. The number of hydrogen-bond acceptors (Lipinski definition) is 4. The molecule has 0 unspecified atom stereocenters. The van der Waals surface area contributed by atoms with E-state index in [1.807, 2.05) is 25.1 Å². The Morgan fingerprint density at radius 2 is 1.68 bits per heavy atom. The molecule has 0 heterocycles. The molecule has 0 aromatic heterocycles. The van der Waals surface area contributed by atoms with Crippen molar-refractivity contribution in [3.8, 4) is 17.2 Å². The summed E-state index contributed by atoms with van der Waals surface area (Å²) in [6, 6.07) is 11.3. The van der Waals surface area contributed by atoms with Crippen molar-refractivity contribution in [3.63, 3.8) is 0 Å². The molecule has 2 N–H and O–H groups in total. The van der Waals surface area contributed by atoms with Gasteiger partial charge >= 0.3 is 6.03 Å². The first kappa shape index (κ1) is 18.4. The molecule has 0 aliphatic carbocycles. The summed E-state index contributed by atoms with van der Waals surface area (Å²) in [5.41, 5.74) is 2.95. The van der Waals surface area contributed by atoms with Crippen LogP contribution in [0.3, 0.4) is 0 Å². The van der Waals surface area contributed by atoms with Crippen LogP contribution in [0.2, 0.25) is 0 Å². The molecule has 0 aliphatic heterocycles. The predicted molar refractivity (Wildman–Crippen MR) is 98.0 cm³/mol. The van der Waals surface area contributed by atoms with Crippen LogP contribution in [0.15, 0.2) is 36.4 Å². The number of benzene rings is 2. The van der Waals surface area contributed by atoms with E-state index < -0.39 is 0 Å². The summed E-state index contributed by atoms with van der Waals surface area (Å²) in [5, 5.41) is 5.61. The predicted octanol–water partition coefficient (Wildman–Crippen LogP) is 3.39. The minimum absolute atomic E-state index is 0.290. The molecule has 0 radical (unpaired) electrons. The number of nitrogens with one attached hydrogen (secondary N) is 2. The molecule has 0 fully saturated rings. The van der Waals surface area contributed by atoms with Gasteiger partial charge in [-0.05, 0) is 18.9 Å². The van der Waals surface area contributed by atoms with Gasteiger partial charge in [0.25, 0.3) is 0 Å². The Morgan fingerprint density at radius 3 is 2.24 bits per heavy atom. The van der Waals surface area contributed by atoms with Crippen molar-refractivity contribution < 1.29 is 19.0 Å². The largest absolute Gasteiger partial charge is 0.493 e. The number of carbonyl (C=O) groups is 1. The molecule has 0 aliphatic rings. The van der Waals surface area contributed by atoms with Gasteiger partial charge in [-0.15, -0.1) is 0 Å². The van der Waals surface area contributed by atoms with E-state index in [2.05, 4.69) is 16.7 Å². The van der Waals surface area contributed by atoms with Crippen LogP contribution in [0.4, 0.5) is 10.5 Å². The Kier molecular flexibility index (Phi) is 6.51. The third-order valence-corrected chi connectivity index (χ3v) is 3.70. The molecule has 6 nitrogen and oxygen atoms in total. The zero-order valence-electron chi connectivity index (χ0n) is 15.0. The molecule has 134 valence electrons. The third-order valence-electron chi connectivity index (χ3n) is 3.70. The van der Waals surface area contributed by atoms with Crippen molar-refractivity contribution in [1.29, 1.82) is 0 Å². The second-order valence-corrected chi connectivity index (χ2v) is 5.53. The van der Waals surface area contributed by atoms with Crippen molar-refractivity contribution in [3.05, 3.63) is 47.5 Å². The Labute approximate surface area is 148 Å². The van der Waals surface area contributed by atoms with Crippen molar-refractivity contribution in [2.24, 2.45) is 0 Å². The number of anilines is 1. The summed E-state index contributed by atoms with van der Waals surface area (Å²) in [4.78, 5) is 12.1. The SMILES string of the molecule is COc1cc(NC(=O)NCCc2cccc(C)c2)cc(OC)c1OC. The van der Waals surface area contributed by atoms with Gasteiger partial charge in [0.05, 0.1) is 27.0 Å². The third kappa shape index (κ3) is 5.04. The van der Waals surface area contributed by atoms with Gasteiger partial charge in [-0.2, -0.15) is 0 Å². The van der Waals surface area contributed by atoms with Gasteiger partial charge in [0.1, 0.15) is 0 Å². The molecule has 2 aromatic carbocycles. The molecule has 0 atom stereocenters. The lowest BCUT2D eigenvalue weighted by Gasteiger charge is -2.15. The van der Waals surface area contributed by atoms with E-state index in [1.165, 1.54) is 32.5 Å². The number of carbonyl (C=O) groups excluding carboxylic acids is 1. The second kappa shape index (κ2) is 8.82. The highest BCUT2D eigenvalue weighted by atomic mass is 16.5. The minimum atomic E-state index is -0.290. The maximum absolute atomic E-state index is 12.1. The Morgan fingerprint density at radius 1 is 1.00 bits per heavy atom. The van der Waals surface area contributed by atoms with Crippen LogP contribution in [0.5, 0.6) is 17.2 Å². The fraction of sp³-hybridized carbons (Fsp3) is 0.316. The van der Waals surface area contributed by atoms with Crippen LogP contribution < -0.4 is 24.8 Å². The molecular formula is C19H24N2O4. The molecule has 6 heteroatoms. The summed E-state index contributed by atoms with van der Waals surface area (Å²) >= 11 is 0. The Balaban J connectivity index is 1.95. The number of hydrogen-bond donors (Lipinski definition) is 2. The molecule has 25 heavy (non-hydrogen) atoms. The first-order valence-electron chi connectivity index (χ1n) is 7.97.